The number of oxime groups is 1. The van der Waals surface area contributed by atoms with Crippen molar-refractivity contribution >= 4 is 23.6 Å². The highest BCUT2D eigenvalue weighted by atomic mass is 16.7. The fourth-order valence-electron chi connectivity index (χ4n) is 3.18. The van der Waals surface area contributed by atoms with Gasteiger partial charge in [0.15, 0.2) is 5.84 Å². The average molecular weight is 356 g/mol. The van der Waals surface area contributed by atoms with Gasteiger partial charge < -0.3 is 10.6 Å². The summed E-state index contributed by atoms with van der Waals surface area (Å²) < 4.78 is 0. The number of amides is 2. The molecule has 2 atom stereocenters. The molecular formula is C18H20N4O4. The number of allylic oxidation sites excluding steroid dienone is 2. The van der Waals surface area contributed by atoms with Crippen LogP contribution in [0.1, 0.15) is 31.2 Å². The Kier molecular flexibility index (Phi) is 5.40. The summed E-state index contributed by atoms with van der Waals surface area (Å²) >= 11 is 0. The first-order valence-electron chi connectivity index (χ1n) is 8.52. The van der Waals surface area contributed by atoms with Crippen LogP contribution in [0, 0.1) is 11.8 Å². The summed E-state index contributed by atoms with van der Waals surface area (Å²) in [5.74, 6) is -1.30. The molecule has 0 saturated carbocycles. The van der Waals surface area contributed by atoms with Gasteiger partial charge in [0.1, 0.15) is 0 Å². The molecule has 2 heterocycles. The maximum absolute atomic E-state index is 12.3. The first-order chi connectivity index (χ1) is 12.6. The predicted octanol–water partition coefficient (Wildman–Crippen LogP) is 0.976. The average Bonchev–Trinajstić information content (AvgIpc) is 2.92. The molecule has 2 amide bonds. The normalized spacial score (nSPS) is 22.5. The van der Waals surface area contributed by atoms with E-state index in [0.29, 0.717) is 24.8 Å². The third-order valence-electron chi connectivity index (χ3n) is 4.56. The van der Waals surface area contributed by atoms with Crippen LogP contribution in [0.25, 0.3) is 0 Å². The van der Waals surface area contributed by atoms with Crippen molar-refractivity contribution in [3.63, 3.8) is 0 Å². The van der Waals surface area contributed by atoms with Gasteiger partial charge in [-0.3, -0.25) is 19.5 Å². The standard InChI is InChI=1S/C18H20N4O4/c19-16(12-5-3-9-20-11-12)21-26-15(23)8-4-10-22-17(24)13-6-1-2-7-14(13)18(22)25/h1-3,5,9,11,13-14H,4,6-8,10H2,(H2,19,21)/t13-,14+. The maximum Gasteiger partial charge on any atom is 0.335 e. The Morgan fingerprint density at radius 1 is 1.27 bits per heavy atom. The number of likely N-dealkylation sites (tertiary alicyclic amines) is 1. The van der Waals surface area contributed by atoms with Gasteiger partial charge in [-0.1, -0.05) is 17.3 Å². The van der Waals surface area contributed by atoms with Crippen LogP contribution >= 0.6 is 0 Å². The van der Waals surface area contributed by atoms with E-state index in [2.05, 4.69) is 10.1 Å². The van der Waals surface area contributed by atoms with Crippen LogP contribution in [0.4, 0.5) is 0 Å². The van der Waals surface area contributed by atoms with Gasteiger partial charge in [-0.15, -0.1) is 0 Å². The lowest BCUT2D eigenvalue weighted by molar-refractivity contribution is -0.145. The Morgan fingerprint density at radius 2 is 1.96 bits per heavy atom. The second-order valence-corrected chi connectivity index (χ2v) is 6.27. The highest BCUT2D eigenvalue weighted by Gasteiger charge is 2.46. The number of nitrogens with two attached hydrogens (primary N) is 1. The van der Waals surface area contributed by atoms with E-state index in [1.807, 2.05) is 12.2 Å². The Labute approximate surface area is 150 Å². The van der Waals surface area contributed by atoms with Gasteiger partial charge in [-0.2, -0.15) is 0 Å². The lowest BCUT2D eigenvalue weighted by atomic mass is 9.85. The van der Waals surface area contributed by atoms with Gasteiger partial charge in [0, 0.05) is 30.9 Å². The van der Waals surface area contributed by atoms with Gasteiger partial charge in [-0.25, -0.2) is 4.79 Å². The van der Waals surface area contributed by atoms with Crippen molar-refractivity contribution in [1.82, 2.24) is 9.88 Å². The molecule has 1 aliphatic heterocycles. The fraction of sp³-hybridized carbons (Fsp3) is 0.389. The maximum atomic E-state index is 12.3. The Hall–Kier alpha value is -3.03. The number of aromatic nitrogens is 1. The highest BCUT2D eigenvalue weighted by molar-refractivity contribution is 6.05. The second kappa shape index (κ2) is 7.90. The summed E-state index contributed by atoms with van der Waals surface area (Å²) in [7, 11) is 0. The number of imide groups is 1. The number of hydrogen-bond donors (Lipinski definition) is 1. The summed E-state index contributed by atoms with van der Waals surface area (Å²) in [6, 6.07) is 3.38. The molecule has 0 spiro atoms. The topological polar surface area (TPSA) is 115 Å². The van der Waals surface area contributed by atoms with Crippen molar-refractivity contribution in [1.29, 1.82) is 0 Å². The fourth-order valence-corrected chi connectivity index (χ4v) is 3.18. The van der Waals surface area contributed by atoms with Gasteiger partial charge >= 0.3 is 5.97 Å². The molecule has 0 bridgehead atoms. The van der Waals surface area contributed by atoms with Crippen molar-refractivity contribution in [2.45, 2.75) is 25.7 Å². The largest absolute Gasteiger partial charge is 0.380 e. The van der Waals surface area contributed by atoms with E-state index in [1.165, 1.54) is 11.1 Å². The number of amidine groups is 1. The van der Waals surface area contributed by atoms with Crippen molar-refractivity contribution in [3.8, 4) is 0 Å². The Balaban J connectivity index is 1.45. The van der Waals surface area contributed by atoms with Crippen LogP contribution in [0.5, 0.6) is 0 Å². The summed E-state index contributed by atoms with van der Waals surface area (Å²) in [6.45, 7) is 0.210. The number of nitrogens with zero attached hydrogens (tertiary/aromatic N) is 3. The van der Waals surface area contributed by atoms with Crippen LogP contribution in [-0.2, 0) is 19.2 Å². The zero-order valence-electron chi connectivity index (χ0n) is 14.2. The Morgan fingerprint density at radius 3 is 2.58 bits per heavy atom. The number of pyridine rings is 1. The number of fused-ring (bicyclic) bond motifs is 1. The van der Waals surface area contributed by atoms with Crippen LogP contribution in [0.3, 0.4) is 0 Å². The number of carbonyl (C=O) groups is 3. The smallest absolute Gasteiger partial charge is 0.335 e. The minimum atomic E-state index is -0.574. The van der Waals surface area contributed by atoms with Gasteiger partial charge in [0.25, 0.3) is 0 Å². The quantitative estimate of drug-likeness (QED) is 0.203. The van der Waals surface area contributed by atoms with E-state index < -0.39 is 5.97 Å². The molecule has 1 aliphatic carbocycles. The molecule has 2 aliphatic rings. The molecule has 8 heteroatoms. The summed E-state index contributed by atoms with van der Waals surface area (Å²) in [4.78, 5) is 46.3. The SMILES string of the molecule is N/C(=N\OC(=O)CCCN1C(=O)[C@H]2CC=CC[C@H]2C1=O)c1cccnc1. The zero-order valence-corrected chi connectivity index (χ0v) is 14.2. The lowest BCUT2D eigenvalue weighted by Crippen LogP contribution is -2.32. The Bertz CT molecular complexity index is 734. The van der Waals surface area contributed by atoms with E-state index >= 15 is 0 Å². The van der Waals surface area contributed by atoms with Crippen LogP contribution in [-0.4, -0.2) is 40.0 Å². The van der Waals surface area contributed by atoms with Crippen molar-refractivity contribution in [2.75, 3.05) is 6.54 Å². The van der Waals surface area contributed by atoms with E-state index in [1.54, 1.807) is 18.3 Å². The zero-order chi connectivity index (χ0) is 18.5. The van der Waals surface area contributed by atoms with Gasteiger partial charge in [0.2, 0.25) is 11.8 Å². The van der Waals surface area contributed by atoms with Crippen molar-refractivity contribution < 1.29 is 19.2 Å². The van der Waals surface area contributed by atoms with Crippen molar-refractivity contribution in [3.05, 3.63) is 42.2 Å². The molecule has 0 unspecified atom stereocenters. The molecule has 26 heavy (non-hydrogen) atoms. The monoisotopic (exact) mass is 356 g/mol. The molecule has 1 aromatic heterocycles. The van der Waals surface area contributed by atoms with E-state index in [0.717, 1.165) is 0 Å². The molecule has 3 rings (SSSR count). The van der Waals surface area contributed by atoms with Gasteiger partial charge in [-0.05, 0) is 31.4 Å². The minimum absolute atomic E-state index is 0.0362. The lowest BCUT2D eigenvalue weighted by Gasteiger charge is -2.14. The van der Waals surface area contributed by atoms with E-state index in [4.69, 9.17) is 10.6 Å². The third-order valence-corrected chi connectivity index (χ3v) is 4.56. The number of rotatable bonds is 6. The molecule has 0 radical (unpaired) electrons. The molecule has 8 nitrogen and oxygen atoms in total. The second-order valence-electron chi connectivity index (χ2n) is 6.27. The molecule has 1 aromatic rings. The molecule has 1 fully saturated rings. The summed E-state index contributed by atoms with van der Waals surface area (Å²) in [5.41, 5.74) is 6.25. The van der Waals surface area contributed by atoms with E-state index in [9.17, 15) is 14.4 Å². The molecular weight excluding hydrogens is 336 g/mol. The van der Waals surface area contributed by atoms with Crippen LogP contribution < -0.4 is 5.73 Å². The van der Waals surface area contributed by atoms with Gasteiger partial charge in [0.05, 0.1) is 11.8 Å². The molecule has 136 valence electrons. The minimum Gasteiger partial charge on any atom is -0.380 e. The summed E-state index contributed by atoms with van der Waals surface area (Å²) in [5, 5.41) is 3.58. The number of carbonyl (C=O) groups excluding carboxylic acids is 3. The first kappa shape index (κ1) is 17.8. The molecule has 2 N–H and O–H groups in total. The number of hydrogen-bond acceptors (Lipinski definition) is 6. The third kappa shape index (κ3) is 3.79. The van der Waals surface area contributed by atoms with Crippen molar-refractivity contribution in [2.24, 2.45) is 22.7 Å². The summed E-state index contributed by atoms with van der Waals surface area (Å²) in [6.07, 6.45) is 8.56. The molecule has 1 saturated heterocycles. The predicted molar refractivity (Wildman–Crippen MR) is 92.4 cm³/mol. The first-order valence-corrected chi connectivity index (χ1v) is 8.52. The highest BCUT2D eigenvalue weighted by Crippen LogP contribution is 2.35. The van der Waals surface area contributed by atoms with E-state index in [-0.39, 0.29) is 42.5 Å². The van der Waals surface area contributed by atoms with Crippen LogP contribution in [0.15, 0.2) is 41.8 Å². The van der Waals surface area contributed by atoms with Crippen LogP contribution in [0.2, 0.25) is 0 Å². The molecule has 0 aromatic carbocycles.